The summed E-state index contributed by atoms with van der Waals surface area (Å²) in [6.07, 6.45) is 1.11. The molecule has 0 amide bonds. The second-order valence-corrected chi connectivity index (χ2v) is 6.14. The van der Waals surface area contributed by atoms with Crippen molar-refractivity contribution in [3.05, 3.63) is 59.7 Å². The molecule has 1 heterocycles. The molecule has 0 bridgehead atoms. The molecule has 1 atom stereocenters. The molecular formula is C19H24N4. The number of guanidine groups is 1. The van der Waals surface area contributed by atoms with Gasteiger partial charge in [-0.1, -0.05) is 35.9 Å². The van der Waals surface area contributed by atoms with E-state index in [2.05, 4.69) is 65.5 Å². The number of hydrogen-bond acceptors (Lipinski definition) is 2. The van der Waals surface area contributed by atoms with Crippen molar-refractivity contribution in [3.8, 4) is 0 Å². The lowest BCUT2D eigenvalue weighted by atomic mass is 10.2. The molecule has 4 nitrogen and oxygen atoms in total. The van der Waals surface area contributed by atoms with Crippen LogP contribution in [0.2, 0.25) is 0 Å². The summed E-state index contributed by atoms with van der Waals surface area (Å²) in [5.41, 5.74) is 11.0. The molecule has 4 heteroatoms. The van der Waals surface area contributed by atoms with E-state index >= 15 is 0 Å². The fraction of sp³-hybridized carbons (Fsp3) is 0.316. The summed E-state index contributed by atoms with van der Waals surface area (Å²) in [6, 6.07) is 17.1. The first-order valence-electron chi connectivity index (χ1n) is 8.11. The minimum atomic E-state index is 0.331. The van der Waals surface area contributed by atoms with Crippen molar-refractivity contribution in [2.24, 2.45) is 10.7 Å². The van der Waals surface area contributed by atoms with Crippen LogP contribution in [0.15, 0.2) is 53.5 Å². The van der Waals surface area contributed by atoms with Gasteiger partial charge in [0.15, 0.2) is 5.96 Å². The maximum absolute atomic E-state index is 6.01. The molecular weight excluding hydrogens is 284 g/mol. The predicted octanol–water partition coefficient (Wildman–Crippen LogP) is 3.17. The molecule has 0 aliphatic carbocycles. The maximum Gasteiger partial charge on any atom is 0.193 e. The molecule has 1 aliphatic heterocycles. The van der Waals surface area contributed by atoms with Gasteiger partial charge in [-0.15, -0.1) is 0 Å². The van der Waals surface area contributed by atoms with Crippen LogP contribution < -0.4 is 16.0 Å². The van der Waals surface area contributed by atoms with Gasteiger partial charge in [-0.05, 0) is 44.0 Å². The normalized spacial score (nSPS) is 15.4. The summed E-state index contributed by atoms with van der Waals surface area (Å²) in [5.74, 6) is 0.466. The zero-order valence-electron chi connectivity index (χ0n) is 13.8. The van der Waals surface area contributed by atoms with E-state index < -0.39 is 0 Å². The first-order valence-corrected chi connectivity index (χ1v) is 8.11. The van der Waals surface area contributed by atoms with E-state index in [9.17, 15) is 0 Å². The Kier molecular flexibility index (Phi) is 4.51. The minimum absolute atomic E-state index is 0.331. The quantitative estimate of drug-likeness (QED) is 0.674. The lowest BCUT2D eigenvalue weighted by molar-refractivity contribution is 0.663. The van der Waals surface area contributed by atoms with Crippen molar-refractivity contribution in [2.45, 2.75) is 26.3 Å². The minimum Gasteiger partial charge on any atom is -0.370 e. The third-order valence-corrected chi connectivity index (χ3v) is 4.30. The van der Waals surface area contributed by atoms with Crippen LogP contribution in [0.25, 0.3) is 0 Å². The summed E-state index contributed by atoms with van der Waals surface area (Å²) < 4.78 is 0. The first kappa shape index (κ1) is 15.4. The van der Waals surface area contributed by atoms with E-state index in [4.69, 9.17) is 5.73 Å². The van der Waals surface area contributed by atoms with Crippen LogP contribution in [-0.2, 0) is 6.42 Å². The number of nitrogens with zero attached hydrogens (tertiary/aromatic N) is 2. The number of fused-ring (bicyclic) bond motifs is 1. The van der Waals surface area contributed by atoms with Crippen LogP contribution in [0.3, 0.4) is 0 Å². The molecule has 3 N–H and O–H groups in total. The molecule has 1 aliphatic rings. The van der Waals surface area contributed by atoms with E-state index in [-0.39, 0.29) is 0 Å². The SMILES string of the molecule is Cc1ccc(NC(N)=NCC(C)N2CCc3ccccc32)cc1. The third-order valence-electron chi connectivity index (χ3n) is 4.30. The van der Waals surface area contributed by atoms with E-state index in [0.29, 0.717) is 18.5 Å². The molecule has 0 saturated carbocycles. The number of nitrogens with one attached hydrogen (secondary N) is 1. The number of rotatable bonds is 4. The number of nitrogens with two attached hydrogens (primary N) is 1. The second kappa shape index (κ2) is 6.73. The Morgan fingerprint density at radius 3 is 2.74 bits per heavy atom. The van der Waals surface area contributed by atoms with Crippen molar-refractivity contribution < 1.29 is 0 Å². The second-order valence-electron chi connectivity index (χ2n) is 6.14. The largest absolute Gasteiger partial charge is 0.370 e. The van der Waals surface area contributed by atoms with Gasteiger partial charge in [-0.3, -0.25) is 4.99 Å². The summed E-state index contributed by atoms with van der Waals surface area (Å²) in [5, 5.41) is 3.14. The van der Waals surface area contributed by atoms with E-state index in [0.717, 1.165) is 18.7 Å². The zero-order chi connectivity index (χ0) is 16.2. The summed E-state index contributed by atoms with van der Waals surface area (Å²) in [4.78, 5) is 6.92. The fourth-order valence-electron chi connectivity index (χ4n) is 2.97. The smallest absolute Gasteiger partial charge is 0.193 e. The molecule has 3 rings (SSSR count). The Bertz CT molecular complexity index is 691. The highest BCUT2D eigenvalue weighted by Crippen LogP contribution is 2.29. The number of aryl methyl sites for hydroxylation is 1. The number of para-hydroxylation sites is 1. The highest BCUT2D eigenvalue weighted by atomic mass is 15.2. The van der Waals surface area contributed by atoms with Gasteiger partial charge in [0.25, 0.3) is 0 Å². The zero-order valence-corrected chi connectivity index (χ0v) is 13.8. The number of anilines is 2. The topological polar surface area (TPSA) is 53.6 Å². The molecule has 0 fully saturated rings. The standard InChI is InChI=1S/C19H24N4/c1-14-7-9-17(10-8-14)22-19(20)21-13-15(2)23-12-11-16-5-3-4-6-18(16)23/h3-10,15H,11-13H2,1-2H3,(H3,20,21,22). The predicted molar refractivity (Wildman–Crippen MR) is 98.2 cm³/mol. The molecule has 23 heavy (non-hydrogen) atoms. The van der Waals surface area contributed by atoms with Gasteiger partial charge in [0.05, 0.1) is 6.54 Å². The number of aliphatic imine (C=N–C) groups is 1. The Morgan fingerprint density at radius 1 is 1.22 bits per heavy atom. The van der Waals surface area contributed by atoms with Crippen LogP contribution in [0, 0.1) is 6.92 Å². The summed E-state index contributed by atoms with van der Waals surface area (Å²) in [6.45, 7) is 6.00. The van der Waals surface area contributed by atoms with Gasteiger partial charge >= 0.3 is 0 Å². The highest BCUT2D eigenvalue weighted by Gasteiger charge is 2.22. The molecule has 2 aromatic rings. The van der Waals surface area contributed by atoms with Gasteiger partial charge in [0.1, 0.15) is 0 Å². The average molecular weight is 308 g/mol. The van der Waals surface area contributed by atoms with Gasteiger partial charge in [-0.25, -0.2) is 0 Å². The van der Waals surface area contributed by atoms with Gasteiger partial charge in [0, 0.05) is 24.0 Å². The maximum atomic E-state index is 6.01. The van der Waals surface area contributed by atoms with E-state index in [1.807, 2.05) is 12.1 Å². The summed E-state index contributed by atoms with van der Waals surface area (Å²) >= 11 is 0. The lowest BCUT2D eigenvalue weighted by Crippen LogP contribution is -2.35. The number of hydrogen-bond donors (Lipinski definition) is 2. The van der Waals surface area contributed by atoms with Gasteiger partial charge < -0.3 is 16.0 Å². The summed E-state index contributed by atoms with van der Waals surface area (Å²) in [7, 11) is 0. The van der Waals surface area contributed by atoms with Crippen molar-refractivity contribution in [2.75, 3.05) is 23.3 Å². The van der Waals surface area contributed by atoms with Crippen LogP contribution >= 0.6 is 0 Å². The highest BCUT2D eigenvalue weighted by molar-refractivity contribution is 5.92. The first-order chi connectivity index (χ1) is 11.1. The Morgan fingerprint density at radius 2 is 1.96 bits per heavy atom. The molecule has 0 saturated heterocycles. The van der Waals surface area contributed by atoms with Crippen molar-refractivity contribution >= 4 is 17.3 Å². The van der Waals surface area contributed by atoms with E-state index in [1.165, 1.54) is 16.8 Å². The average Bonchev–Trinajstić information content (AvgIpc) is 2.99. The van der Waals surface area contributed by atoms with E-state index in [1.54, 1.807) is 0 Å². The van der Waals surface area contributed by atoms with Crippen LogP contribution in [0.5, 0.6) is 0 Å². The molecule has 2 aromatic carbocycles. The molecule has 0 spiro atoms. The lowest BCUT2D eigenvalue weighted by Gasteiger charge is -2.26. The number of benzene rings is 2. The molecule has 120 valence electrons. The van der Waals surface area contributed by atoms with Crippen molar-refractivity contribution in [1.29, 1.82) is 0 Å². The fourth-order valence-corrected chi connectivity index (χ4v) is 2.97. The Labute approximate surface area is 138 Å². The van der Waals surface area contributed by atoms with Crippen molar-refractivity contribution in [3.63, 3.8) is 0 Å². The van der Waals surface area contributed by atoms with Crippen LogP contribution in [0.1, 0.15) is 18.1 Å². The third kappa shape index (κ3) is 3.65. The molecule has 0 radical (unpaired) electrons. The van der Waals surface area contributed by atoms with Crippen molar-refractivity contribution in [1.82, 2.24) is 0 Å². The van der Waals surface area contributed by atoms with Crippen LogP contribution in [0.4, 0.5) is 11.4 Å². The Hall–Kier alpha value is -2.49. The molecule has 1 unspecified atom stereocenters. The monoisotopic (exact) mass is 308 g/mol. The van der Waals surface area contributed by atoms with Gasteiger partial charge in [0.2, 0.25) is 0 Å². The van der Waals surface area contributed by atoms with Gasteiger partial charge in [-0.2, -0.15) is 0 Å². The molecule has 0 aromatic heterocycles. The Balaban J connectivity index is 1.60. The van der Waals surface area contributed by atoms with Crippen LogP contribution in [-0.4, -0.2) is 25.1 Å².